The van der Waals surface area contributed by atoms with Gasteiger partial charge in [0.05, 0.1) is 11.6 Å². The number of rotatable bonds is 7. The average molecular weight is 721 g/mol. The van der Waals surface area contributed by atoms with Crippen molar-refractivity contribution in [1.29, 1.82) is 5.26 Å². The molecule has 56 heavy (non-hydrogen) atoms. The van der Waals surface area contributed by atoms with E-state index in [4.69, 9.17) is 33.8 Å². The van der Waals surface area contributed by atoms with Crippen molar-refractivity contribution in [2.75, 3.05) is 0 Å². The normalized spacial score (nSPS) is 11.2. The van der Waals surface area contributed by atoms with E-state index in [1.165, 1.54) is 0 Å². The molecule has 0 aliphatic carbocycles. The number of nitrogens with zero attached hydrogens (tertiary/aromatic N) is 6. The van der Waals surface area contributed by atoms with E-state index in [0.29, 0.717) is 46.0 Å². The van der Waals surface area contributed by atoms with E-state index in [9.17, 15) is 5.26 Å². The summed E-state index contributed by atoms with van der Waals surface area (Å²) in [5.41, 5.74) is 11.2. The summed E-state index contributed by atoms with van der Waals surface area (Å²) in [5.74, 6) is 2.61. The van der Waals surface area contributed by atoms with Crippen LogP contribution in [0.4, 0.5) is 0 Å². The molecule has 10 rings (SSSR count). The summed E-state index contributed by atoms with van der Waals surface area (Å²) in [5, 5.41) is 9.56. The monoisotopic (exact) mass is 720 g/mol. The maximum Gasteiger partial charge on any atom is 0.227 e. The molecule has 8 heteroatoms. The fourth-order valence-corrected chi connectivity index (χ4v) is 6.80. The molecule has 0 bridgehead atoms. The first-order valence-electron chi connectivity index (χ1n) is 18.0. The summed E-state index contributed by atoms with van der Waals surface area (Å²) >= 11 is 0. The van der Waals surface area contributed by atoms with Gasteiger partial charge >= 0.3 is 0 Å². The van der Waals surface area contributed by atoms with Crippen molar-refractivity contribution in [2.45, 2.75) is 0 Å². The summed E-state index contributed by atoms with van der Waals surface area (Å²) in [6, 6.07) is 57.5. The molecule has 10 aromatic rings. The summed E-state index contributed by atoms with van der Waals surface area (Å²) < 4.78 is 12.6. The van der Waals surface area contributed by atoms with Crippen molar-refractivity contribution in [2.24, 2.45) is 0 Å². The highest BCUT2D eigenvalue weighted by Crippen LogP contribution is 2.38. The molecule has 0 radical (unpaired) electrons. The highest BCUT2D eigenvalue weighted by Gasteiger charge is 2.19. The van der Waals surface area contributed by atoms with Crippen LogP contribution in [0.15, 0.2) is 179 Å². The molecule has 0 unspecified atom stereocenters. The fraction of sp³-hybridized carbons (Fsp3) is 0. The van der Waals surface area contributed by atoms with Gasteiger partial charge in [-0.15, -0.1) is 0 Å². The molecule has 3 aromatic heterocycles. The van der Waals surface area contributed by atoms with E-state index in [0.717, 1.165) is 61.1 Å². The smallest absolute Gasteiger partial charge is 0.227 e. The topological polar surface area (TPSA) is 115 Å². The van der Waals surface area contributed by atoms with Crippen LogP contribution in [0.5, 0.6) is 0 Å². The minimum absolute atomic E-state index is 0.478. The van der Waals surface area contributed by atoms with E-state index in [-0.39, 0.29) is 0 Å². The Labute approximate surface area is 321 Å². The van der Waals surface area contributed by atoms with Crippen molar-refractivity contribution < 1.29 is 8.83 Å². The molecule has 0 saturated heterocycles. The maximum atomic E-state index is 9.56. The van der Waals surface area contributed by atoms with E-state index >= 15 is 0 Å². The first-order chi connectivity index (χ1) is 27.6. The molecule has 0 N–H and O–H groups in total. The minimum Gasteiger partial charge on any atom is -0.436 e. The van der Waals surface area contributed by atoms with Gasteiger partial charge < -0.3 is 8.83 Å². The molecule has 3 heterocycles. The van der Waals surface area contributed by atoms with Crippen molar-refractivity contribution in [3.8, 4) is 85.4 Å². The predicted molar refractivity (Wildman–Crippen MR) is 218 cm³/mol. The zero-order valence-electron chi connectivity index (χ0n) is 29.7. The highest BCUT2D eigenvalue weighted by atomic mass is 16.4. The zero-order chi connectivity index (χ0) is 37.4. The van der Waals surface area contributed by atoms with Crippen LogP contribution in [-0.2, 0) is 0 Å². The lowest BCUT2D eigenvalue weighted by Gasteiger charge is -2.13. The molecule has 8 nitrogen and oxygen atoms in total. The molecule has 7 aromatic carbocycles. The molecular formula is C48H28N6O2. The number of benzene rings is 7. The Morgan fingerprint density at radius 1 is 0.339 bits per heavy atom. The molecule has 0 fully saturated rings. The van der Waals surface area contributed by atoms with Crippen LogP contribution < -0.4 is 0 Å². The number of oxazole rings is 2. The molecule has 0 atom stereocenters. The Kier molecular flexibility index (Phi) is 8.01. The molecule has 0 aliphatic rings. The van der Waals surface area contributed by atoms with Gasteiger partial charge in [0.25, 0.3) is 0 Å². The third-order valence-electron chi connectivity index (χ3n) is 9.59. The summed E-state index contributed by atoms with van der Waals surface area (Å²) in [4.78, 5) is 24.7. The van der Waals surface area contributed by atoms with E-state index in [1.807, 2.05) is 140 Å². The Balaban J connectivity index is 1.21. The van der Waals surface area contributed by atoms with Crippen LogP contribution in [0.1, 0.15) is 5.56 Å². The molecule has 0 saturated carbocycles. The van der Waals surface area contributed by atoms with Crippen molar-refractivity contribution >= 4 is 22.2 Å². The second-order valence-corrected chi connectivity index (χ2v) is 13.3. The third kappa shape index (κ3) is 6.25. The summed E-state index contributed by atoms with van der Waals surface area (Å²) in [7, 11) is 0. The first kappa shape index (κ1) is 32.6. The number of aromatic nitrogens is 5. The molecule has 0 aliphatic heterocycles. The van der Waals surface area contributed by atoms with E-state index < -0.39 is 0 Å². The quantitative estimate of drug-likeness (QED) is 0.160. The van der Waals surface area contributed by atoms with Crippen LogP contribution in [0.25, 0.3) is 102 Å². The van der Waals surface area contributed by atoms with Gasteiger partial charge in [-0.05, 0) is 95.1 Å². The fourth-order valence-electron chi connectivity index (χ4n) is 6.80. The van der Waals surface area contributed by atoms with Gasteiger partial charge in [-0.1, -0.05) is 97.1 Å². The first-order valence-corrected chi connectivity index (χ1v) is 18.0. The molecule has 0 spiro atoms. The SMILES string of the molecule is N#Cc1ccc(-c2cc(-c3cc(-c4nc5ccccc5o4)cc(-c4nc5ccccc5o4)c3)cc(-c3nc(-c4ccccc4)nc(-c4ccccc4)n3)c2)cc1. The number of hydrogen-bond acceptors (Lipinski definition) is 8. The van der Waals surface area contributed by atoms with Gasteiger partial charge in [-0.2, -0.15) is 5.26 Å². The number of hydrogen-bond donors (Lipinski definition) is 0. The third-order valence-corrected chi connectivity index (χ3v) is 9.59. The maximum absolute atomic E-state index is 9.56. The molecule has 0 amide bonds. The standard InChI is InChI=1S/C48H28N6O2/c49-29-30-19-21-31(22-20-30)34-23-35(25-37(24-34)46-53-44(32-11-3-1-4-12-32)52-45(54-46)33-13-5-2-6-14-33)36-26-38(47-50-40-15-7-9-17-42(40)55-47)28-39(27-36)48-51-41-16-8-10-18-43(41)56-48/h1-28H. The van der Waals surface area contributed by atoms with Crippen LogP contribution in [-0.4, -0.2) is 24.9 Å². The number of nitriles is 1. The molecule has 262 valence electrons. The lowest BCUT2D eigenvalue weighted by atomic mass is 9.93. The van der Waals surface area contributed by atoms with Crippen LogP contribution in [0.3, 0.4) is 0 Å². The van der Waals surface area contributed by atoms with Crippen LogP contribution >= 0.6 is 0 Å². The number of fused-ring (bicyclic) bond motifs is 2. The lowest BCUT2D eigenvalue weighted by molar-refractivity contribution is 0.617. The second-order valence-electron chi connectivity index (χ2n) is 13.3. The van der Waals surface area contributed by atoms with E-state index in [2.05, 4.69) is 36.4 Å². The summed E-state index contributed by atoms with van der Waals surface area (Å²) in [6.07, 6.45) is 0. The van der Waals surface area contributed by atoms with Crippen molar-refractivity contribution in [1.82, 2.24) is 24.9 Å². The number of para-hydroxylation sites is 4. The minimum atomic E-state index is 0.478. The van der Waals surface area contributed by atoms with Gasteiger partial charge in [-0.3, -0.25) is 0 Å². The van der Waals surface area contributed by atoms with Gasteiger partial charge in [-0.25, -0.2) is 24.9 Å². The Bertz CT molecular complexity index is 2880. The van der Waals surface area contributed by atoms with Crippen molar-refractivity contribution in [3.05, 3.63) is 175 Å². The second kappa shape index (κ2) is 13.8. The average Bonchev–Trinajstić information content (AvgIpc) is 3.92. The Morgan fingerprint density at radius 3 is 1.21 bits per heavy atom. The lowest BCUT2D eigenvalue weighted by Crippen LogP contribution is -2.00. The zero-order valence-corrected chi connectivity index (χ0v) is 29.7. The van der Waals surface area contributed by atoms with Crippen LogP contribution in [0.2, 0.25) is 0 Å². The van der Waals surface area contributed by atoms with Gasteiger partial charge in [0, 0.05) is 27.8 Å². The Hall–Kier alpha value is -8.02. The van der Waals surface area contributed by atoms with Crippen molar-refractivity contribution in [3.63, 3.8) is 0 Å². The largest absolute Gasteiger partial charge is 0.436 e. The van der Waals surface area contributed by atoms with Gasteiger partial charge in [0.2, 0.25) is 11.8 Å². The van der Waals surface area contributed by atoms with Crippen LogP contribution in [0, 0.1) is 11.3 Å². The molecular weight excluding hydrogens is 693 g/mol. The summed E-state index contributed by atoms with van der Waals surface area (Å²) in [6.45, 7) is 0. The highest BCUT2D eigenvalue weighted by molar-refractivity contribution is 5.86. The van der Waals surface area contributed by atoms with E-state index in [1.54, 1.807) is 0 Å². The predicted octanol–water partition coefficient (Wildman–Crippen LogP) is 11.7. The Morgan fingerprint density at radius 2 is 0.732 bits per heavy atom. The van der Waals surface area contributed by atoms with Gasteiger partial charge in [0.1, 0.15) is 11.0 Å². The van der Waals surface area contributed by atoms with Gasteiger partial charge in [0.15, 0.2) is 28.6 Å².